The third-order valence-corrected chi connectivity index (χ3v) is 11.0. The Labute approximate surface area is 287 Å². The van der Waals surface area contributed by atoms with E-state index in [1.54, 1.807) is 11.3 Å². The Morgan fingerprint density at radius 2 is 1.39 bits per heavy atom. The summed E-state index contributed by atoms with van der Waals surface area (Å²) in [7, 11) is 0. The van der Waals surface area contributed by atoms with E-state index in [1.165, 1.54) is 49.2 Å². The highest BCUT2D eigenvalue weighted by molar-refractivity contribution is 7.26. The van der Waals surface area contributed by atoms with Crippen molar-refractivity contribution in [3.63, 3.8) is 0 Å². The largest absolute Gasteiger partial charge is 0.456 e. The first kappa shape index (κ1) is 28.1. The van der Waals surface area contributed by atoms with Crippen LogP contribution in [-0.4, -0.2) is 21.0 Å². The van der Waals surface area contributed by atoms with Crippen molar-refractivity contribution in [1.82, 2.24) is 14.4 Å². The van der Waals surface area contributed by atoms with E-state index in [2.05, 4.69) is 132 Å². The standard InChI is InChI=1S/C42H31N5OS/c1-25-20-26(2)39(27(3)21-25)47-24-46(33-14-5-6-15-34(33)47)28-10-8-11-29(22-28)48-35-23-32-37(38-30-12-4-7-16-36(30)49-40(35)38)31-13-9-17-43-41(31)45-19-18-44-42(32)45/h4-23H,24H2,1-3H3. The summed E-state index contributed by atoms with van der Waals surface area (Å²) in [6.07, 6.45) is 5.68. The zero-order valence-electron chi connectivity index (χ0n) is 27.3. The Morgan fingerprint density at radius 1 is 0.653 bits per heavy atom. The molecule has 0 N–H and O–H groups in total. The van der Waals surface area contributed by atoms with Gasteiger partial charge in [-0.2, -0.15) is 0 Å². The molecule has 236 valence electrons. The van der Waals surface area contributed by atoms with Crippen LogP contribution in [0.2, 0.25) is 0 Å². The Morgan fingerprint density at radius 3 is 2.24 bits per heavy atom. The van der Waals surface area contributed by atoms with Gasteiger partial charge in [-0.15, -0.1) is 11.3 Å². The van der Waals surface area contributed by atoms with E-state index in [9.17, 15) is 0 Å². The van der Waals surface area contributed by atoms with Crippen molar-refractivity contribution in [3.05, 3.63) is 138 Å². The number of fused-ring (bicyclic) bond motifs is 11. The van der Waals surface area contributed by atoms with Gasteiger partial charge in [0.05, 0.1) is 16.1 Å². The highest BCUT2D eigenvalue weighted by Gasteiger charge is 2.30. The summed E-state index contributed by atoms with van der Waals surface area (Å²) in [4.78, 5) is 14.4. The van der Waals surface area contributed by atoms with E-state index in [4.69, 9.17) is 14.7 Å². The molecule has 10 rings (SSSR count). The van der Waals surface area contributed by atoms with Crippen molar-refractivity contribution in [1.29, 1.82) is 0 Å². The summed E-state index contributed by atoms with van der Waals surface area (Å²) in [5.41, 5.74) is 10.3. The minimum Gasteiger partial charge on any atom is -0.456 e. The van der Waals surface area contributed by atoms with Gasteiger partial charge in [0.1, 0.15) is 29.5 Å². The molecule has 0 spiro atoms. The number of pyridine rings is 2. The number of rotatable bonds is 4. The first-order chi connectivity index (χ1) is 24.0. The molecule has 0 aliphatic carbocycles. The lowest BCUT2D eigenvalue weighted by molar-refractivity contribution is 0.490. The molecule has 0 bridgehead atoms. The number of nitrogens with zero attached hydrogens (tertiary/aromatic N) is 5. The van der Waals surface area contributed by atoms with Crippen LogP contribution in [0.4, 0.5) is 22.7 Å². The third-order valence-electron chi connectivity index (χ3n) is 9.79. The summed E-state index contributed by atoms with van der Waals surface area (Å²) in [5.74, 6) is 1.61. The van der Waals surface area contributed by atoms with Gasteiger partial charge in [-0.3, -0.25) is 4.40 Å². The normalized spacial score (nSPS) is 13.0. The number of anilines is 4. The average Bonchev–Trinajstić information content (AvgIpc) is 3.85. The molecule has 6 nitrogen and oxygen atoms in total. The maximum absolute atomic E-state index is 6.94. The van der Waals surface area contributed by atoms with Crippen LogP contribution in [0.3, 0.4) is 0 Å². The summed E-state index contributed by atoms with van der Waals surface area (Å²) in [6, 6.07) is 36.7. The molecule has 5 heterocycles. The molecular weight excluding hydrogens is 623 g/mol. The number of imidazole rings is 1. The topological polar surface area (TPSA) is 45.9 Å². The number of thiophene rings is 1. The molecule has 0 radical (unpaired) electrons. The van der Waals surface area contributed by atoms with Gasteiger partial charge in [-0.25, -0.2) is 9.97 Å². The van der Waals surface area contributed by atoms with Gasteiger partial charge < -0.3 is 14.5 Å². The van der Waals surface area contributed by atoms with E-state index >= 15 is 0 Å². The molecule has 0 amide bonds. The minimum absolute atomic E-state index is 0.711. The fourth-order valence-corrected chi connectivity index (χ4v) is 9.09. The molecule has 4 aromatic heterocycles. The molecule has 5 aromatic carbocycles. The molecule has 0 saturated heterocycles. The average molecular weight is 654 g/mol. The Bertz CT molecular complexity index is 2770. The molecular formula is C42H31N5OS. The number of ether oxygens (including phenoxy) is 1. The van der Waals surface area contributed by atoms with Crippen LogP contribution in [0, 0.1) is 20.8 Å². The van der Waals surface area contributed by atoms with E-state index in [0.29, 0.717) is 6.67 Å². The smallest absolute Gasteiger partial charge is 0.146 e. The van der Waals surface area contributed by atoms with Crippen molar-refractivity contribution >= 4 is 81.7 Å². The fourth-order valence-electron chi connectivity index (χ4n) is 7.93. The lowest BCUT2D eigenvalue weighted by atomic mass is 10.0. The molecule has 0 saturated carbocycles. The van der Waals surface area contributed by atoms with Crippen LogP contribution in [-0.2, 0) is 0 Å². The second-order valence-corrected chi connectivity index (χ2v) is 14.0. The van der Waals surface area contributed by atoms with Crippen molar-refractivity contribution in [2.75, 3.05) is 16.5 Å². The van der Waals surface area contributed by atoms with E-state index < -0.39 is 0 Å². The zero-order chi connectivity index (χ0) is 32.8. The third kappa shape index (κ3) is 4.19. The van der Waals surface area contributed by atoms with Crippen LogP contribution < -0.4 is 14.5 Å². The Kier molecular flexibility index (Phi) is 6.05. The van der Waals surface area contributed by atoms with Gasteiger partial charge in [0, 0.05) is 67.7 Å². The molecule has 7 heteroatoms. The van der Waals surface area contributed by atoms with Crippen LogP contribution >= 0.6 is 11.3 Å². The van der Waals surface area contributed by atoms with Crippen molar-refractivity contribution in [2.24, 2.45) is 0 Å². The second-order valence-electron chi connectivity index (χ2n) is 12.9. The molecule has 1 aliphatic rings. The van der Waals surface area contributed by atoms with Gasteiger partial charge in [-0.05, 0) is 80.4 Å². The number of aryl methyl sites for hydroxylation is 3. The molecule has 1 aliphatic heterocycles. The van der Waals surface area contributed by atoms with Gasteiger partial charge in [0.25, 0.3) is 0 Å². The predicted molar refractivity (Wildman–Crippen MR) is 204 cm³/mol. The summed E-state index contributed by atoms with van der Waals surface area (Å²) in [6.45, 7) is 7.30. The minimum atomic E-state index is 0.711. The molecule has 9 aromatic rings. The molecule has 0 unspecified atom stereocenters. The Hall–Kier alpha value is -5.92. The second kappa shape index (κ2) is 10.5. The predicted octanol–water partition coefficient (Wildman–Crippen LogP) is 11.4. The maximum Gasteiger partial charge on any atom is 0.146 e. The van der Waals surface area contributed by atoms with Crippen molar-refractivity contribution in [2.45, 2.75) is 20.8 Å². The first-order valence-corrected chi connectivity index (χ1v) is 17.3. The molecule has 0 atom stereocenters. The Balaban J connectivity index is 1.13. The van der Waals surface area contributed by atoms with E-state index in [0.717, 1.165) is 49.3 Å². The van der Waals surface area contributed by atoms with Gasteiger partial charge >= 0.3 is 0 Å². The van der Waals surface area contributed by atoms with Crippen molar-refractivity contribution < 1.29 is 4.74 Å². The highest BCUT2D eigenvalue weighted by Crippen LogP contribution is 2.49. The van der Waals surface area contributed by atoms with Gasteiger partial charge in [0.2, 0.25) is 0 Å². The van der Waals surface area contributed by atoms with Crippen LogP contribution in [0.15, 0.2) is 122 Å². The summed E-state index contributed by atoms with van der Waals surface area (Å²) in [5, 5.41) is 5.69. The number of para-hydroxylation sites is 2. The summed E-state index contributed by atoms with van der Waals surface area (Å²) < 4.78 is 11.4. The SMILES string of the molecule is Cc1cc(C)c(N2CN(c3cccc(Oc4cc5c(c6cccnc6n6ccnc56)c5c4sc4ccccc45)c3)c3ccccc32)c(C)c1. The van der Waals surface area contributed by atoms with Gasteiger partial charge in [0.15, 0.2) is 0 Å². The number of hydrogen-bond acceptors (Lipinski definition) is 6. The van der Waals surface area contributed by atoms with E-state index in [1.807, 2.05) is 24.7 Å². The van der Waals surface area contributed by atoms with E-state index in [-0.39, 0.29) is 0 Å². The van der Waals surface area contributed by atoms with Crippen LogP contribution in [0.1, 0.15) is 16.7 Å². The number of aromatic nitrogens is 3. The fraction of sp³-hybridized carbons (Fsp3) is 0.0952. The highest BCUT2D eigenvalue weighted by atomic mass is 32.1. The lowest BCUT2D eigenvalue weighted by Crippen LogP contribution is -2.25. The van der Waals surface area contributed by atoms with Gasteiger partial charge in [-0.1, -0.05) is 54.1 Å². The first-order valence-electron chi connectivity index (χ1n) is 16.5. The van der Waals surface area contributed by atoms with Crippen molar-refractivity contribution in [3.8, 4) is 11.5 Å². The zero-order valence-corrected chi connectivity index (χ0v) is 28.1. The maximum atomic E-state index is 6.94. The quantitative estimate of drug-likeness (QED) is 0.177. The molecule has 0 fully saturated rings. The number of benzene rings is 5. The molecule has 49 heavy (non-hydrogen) atoms. The lowest BCUT2D eigenvalue weighted by Gasteiger charge is -2.25. The van der Waals surface area contributed by atoms with Crippen LogP contribution in [0.5, 0.6) is 11.5 Å². The summed E-state index contributed by atoms with van der Waals surface area (Å²) >= 11 is 1.77. The van der Waals surface area contributed by atoms with Crippen LogP contribution in [0.25, 0.3) is 47.6 Å². The monoisotopic (exact) mass is 653 g/mol. The number of hydrogen-bond donors (Lipinski definition) is 0.